The molecule has 1 atom stereocenters. The second-order valence-corrected chi connectivity index (χ2v) is 5.87. The highest BCUT2D eigenvalue weighted by Crippen LogP contribution is 2.18. The maximum Gasteiger partial charge on any atom is 0.235 e. The van der Waals surface area contributed by atoms with Gasteiger partial charge in [0.05, 0.1) is 11.4 Å². The Kier molecular flexibility index (Phi) is 6.21. The summed E-state index contributed by atoms with van der Waals surface area (Å²) in [7, 11) is 0. The van der Waals surface area contributed by atoms with Gasteiger partial charge in [0.1, 0.15) is 0 Å². The van der Waals surface area contributed by atoms with Gasteiger partial charge in [-0.3, -0.25) is 4.79 Å². The number of likely N-dealkylation sites (tertiary alicyclic amines) is 1. The molecule has 0 radical (unpaired) electrons. The first-order valence-electron chi connectivity index (χ1n) is 6.23. The van der Waals surface area contributed by atoms with E-state index < -0.39 is 0 Å². The summed E-state index contributed by atoms with van der Waals surface area (Å²) in [6, 6.07) is 0. The number of amides is 1. The molecule has 1 heterocycles. The van der Waals surface area contributed by atoms with E-state index in [4.69, 9.17) is 0 Å². The smallest absolute Gasteiger partial charge is 0.235 e. The van der Waals surface area contributed by atoms with E-state index in [-0.39, 0.29) is 17.3 Å². The van der Waals surface area contributed by atoms with E-state index >= 15 is 0 Å². The molecule has 1 N–H and O–H groups in total. The molecule has 0 aromatic carbocycles. The number of nitrogens with zero attached hydrogens (tertiary/aromatic N) is 1. The van der Waals surface area contributed by atoms with Gasteiger partial charge in [-0.2, -0.15) is 0 Å². The molecule has 1 unspecified atom stereocenters. The maximum absolute atomic E-state index is 12.0. The third-order valence-electron chi connectivity index (χ3n) is 2.99. The van der Waals surface area contributed by atoms with Crippen LogP contribution in [0.15, 0.2) is 0 Å². The van der Waals surface area contributed by atoms with E-state index in [1.807, 2.05) is 11.8 Å². The topological polar surface area (TPSA) is 40.5 Å². The molecule has 4 heteroatoms. The zero-order chi connectivity index (χ0) is 12.0. The van der Waals surface area contributed by atoms with E-state index in [1.54, 1.807) is 11.8 Å². The number of hydrogen-bond acceptors (Lipinski definition) is 3. The average Bonchev–Trinajstić information content (AvgIpc) is 2.29. The van der Waals surface area contributed by atoms with E-state index in [0.29, 0.717) is 0 Å². The number of aliphatic hydroxyl groups excluding tert-OH is 1. The standard InChI is InChI=1S/C12H23NO2S/c1-3-4-9-16-10(2)12(15)13-7-5-11(14)6-8-13/h10-11,14H,3-9H2,1-2H3. The molecule has 1 amide bonds. The molecule has 0 bridgehead atoms. The van der Waals surface area contributed by atoms with Gasteiger partial charge in [0.15, 0.2) is 0 Å². The molecule has 0 aromatic heterocycles. The minimum absolute atomic E-state index is 0.0711. The number of hydrogen-bond donors (Lipinski definition) is 1. The number of rotatable bonds is 5. The van der Waals surface area contributed by atoms with Gasteiger partial charge in [0.2, 0.25) is 5.91 Å². The molecule has 3 nitrogen and oxygen atoms in total. The first-order valence-corrected chi connectivity index (χ1v) is 7.28. The highest BCUT2D eigenvalue weighted by Gasteiger charge is 2.24. The predicted octanol–water partition coefficient (Wildman–Crippen LogP) is 1.89. The van der Waals surface area contributed by atoms with Crippen LogP contribution < -0.4 is 0 Å². The van der Waals surface area contributed by atoms with Crippen LogP contribution in [0.3, 0.4) is 0 Å². The minimum atomic E-state index is -0.202. The summed E-state index contributed by atoms with van der Waals surface area (Å²) >= 11 is 1.75. The minimum Gasteiger partial charge on any atom is -0.393 e. The van der Waals surface area contributed by atoms with Crippen LogP contribution in [0, 0.1) is 0 Å². The van der Waals surface area contributed by atoms with Crippen molar-refractivity contribution in [3.05, 3.63) is 0 Å². The summed E-state index contributed by atoms with van der Waals surface area (Å²) < 4.78 is 0. The van der Waals surface area contributed by atoms with Crippen molar-refractivity contribution >= 4 is 17.7 Å². The summed E-state index contributed by atoms with van der Waals surface area (Å²) in [6.45, 7) is 5.60. The fourth-order valence-corrected chi connectivity index (χ4v) is 2.92. The van der Waals surface area contributed by atoms with Crippen LogP contribution in [0.25, 0.3) is 0 Å². The lowest BCUT2D eigenvalue weighted by atomic mass is 10.1. The number of piperidine rings is 1. The number of aliphatic hydroxyl groups is 1. The Balaban J connectivity index is 2.27. The van der Waals surface area contributed by atoms with E-state index in [2.05, 4.69) is 6.92 Å². The lowest BCUT2D eigenvalue weighted by Crippen LogP contribution is -2.43. The predicted molar refractivity (Wildman–Crippen MR) is 68.6 cm³/mol. The lowest BCUT2D eigenvalue weighted by molar-refractivity contribution is -0.132. The monoisotopic (exact) mass is 245 g/mol. The van der Waals surface area contributed by atoms with Gasteiger partial charge in [-0.05, 0) is 31.9 Å². The Morgan fingerprint density at radius 3 is 2.69 bits per heavy atom. The fraction of sp³-hybridized carbons (Fsp3) is 0.917. The van der Waals surface area contributed by atoms with Gasteiger partial charge < -0.3 is 10.0 Å². The normalized spacial score (nSPS) is 19.8. The number of unbranched alkanes of at least 4 members (excludes halogenated alkanes) is 1. The Morgan fingerprint density at radius 1 is 1.50 bits per heavy atom. The van der Waals surface area contributed by atoms with Crippen LogP contribution >= 0.6 is 11.8 Å². The zero-order valence-corrected chi connectivity index (χ0v) is 11.1. The van der Waals surface area contributed by atoms with E-state index in [9.17, 15) is 9.90 Å². The number of carbonyl (C=O) groups is 1. The molecule has 0 aliphatic carbocycles. The number of carbonyl (C=O) groups excluding carboxylic acids is 1. The summed E-state index contributed by atoms with van der Waals surface area (Å²) in [4.78, 5) is 13.9. The quantitative estimate of drug-likeness (QED) is 0.752. The molecule has 1 saturated heterocycles. The van der Waals surface area contributed by atoms with Crippen molar-refractivity contribution < 1.29 is 9.90 Å². The van der Waals surface area contributed by atoms with Gasteiger partial charge in [-0.15, -0.1) is 11.8 Å². The molecule has 16 heavy (non-hydrogen) atoms. The Labute approximate surface area is 103 Å². The highest BCUT2D eigenvalue weighted by molar-refractivity contribution is 8.00. The van der Waals surface area contributed by atoms with Gasteiger partial charge in [0, 0.05) is 13.1 Å². The highest BCUT2D eigenvalue weighted by atomic mass is 32.2. The number of thioether (sulfide) groups is 1. The molecular weight excluding hydrogens is 222 g/mol. The Morgan fingerprint density at radius 2 is 2.12 bits per heavy atom. The van der Waals surface area contributed by atoms with Crippen molar-refractivity contribution in [1.29, 1.82) is 0 Å². The lowest BCUT2D eigenvalue weighted by Gasteiger charge is -2.31. The molecule has 0 aromatic rings. The van der Waals surface area contributed by atoms with Crippen molar-refractivity contribution in [3.8, 4) is 0 Å². The third-order valence-corrected chi connectivity index (χ3v) is 4.22. The average molecular weight is 245 g/mol. The first kappa shape index (κ1) is 13.8. The fourth-order valence-electron chi connectivity index (χ4n) is 1.82. The SMILES string of the molecule is CCCCSC(C)C(=O)N1CCC(O)CC1. The largest absolute Gasteiger partial charge is 0.393 e. The van der Waals surface area contributed by atoms with Gasteiger partial charge in [-0.25, -0.2) is 0 Å². The summed E-state index contributed by atoms with van der Waals surface area (Å²) in [5.74, 6) is 1.31. The second kappa shape index (κ2) is 7.17. The summed E-state index contributed by atoms with van der Waals surface area (Å²) in [5, 5.41) is 9.45. The Bertz CT molecular complexity index is 215. The van der Waals surface area contributed by atoms with Gasteiger partial charge >= 0.3 is 0 Å². The van der Waals surface area contributed by atoms with E-state index in [0.717, 1.165) is 31.7 Å². The molecule has 1 aliphatic rings. The summed E-state index contributed by atoms with van der Waals surface area (Å²) in [5.41, 5.74) is 0. The molecule has 1 fully saturated rings. The van der Waals surface area contributed by atoms with Crippen molar-refractivity contribution in [2.24, 2.45) is 0 Å². The molecule has 1 aliphatic heterocycles. The van der Waals surface area contributed by atoms with Crippen LogP contribution in [-0.2, 0) is 4.79 Å². The Hall–Kier alpha value is -0.220. The second-order valence-electron chi connectivity index (χ2n) is 4.42. The van der Waals surface area contributed by atoms with Crippen LogP contribution in [0.2, 0.25) is 0 Å². The van der Waals surface area contributed by atoms with Crippen molar-refractivity contribution in [2.45, 2.75) is 50.9 Å². The molecule has 94 valence electrons. The molecule has 0 saturated carbocycles. The van der Waals surface area contributed by atoms with Gasteiger partial charge in [0.25, 0.3) is 0 Å². The van der Waals surface area contributed by atoms with Crippen molar-refractivity contribution in [2.75, 3.05) is 18.8 Å². The van der Waals surface area contributed by atoms with Crippen LogP contribution in [-0.4, -0.2) is 46.1 Å². The maximum atomic E-state index is 12.0. The van der Waals surface area contributed by atoms with Gasteiger partial charge in [-0.1, -0.05) is 13.3 Å². The van der Waals surface area contributed by atoms with Crippen molar-refractivity contribution in [3.63, 3.8) is 0 Å². The van der Waals surface area contributed by atoms with Crippen LogP contribution in [0.4, 0.5) is 0 Å². The van der Waals surface area contributed by atoms with Crippen LogP contribution in [0.5, 0.6) is 0 Å². The molecule has 1 rings (SSSR count). The summed E-state index contributed by atoms with van der Waals surface area (Å²) in [6.07, 6.45) is 3.63. The molecule has 0 spiro atoms. The molecular formula is C12H23NO2S. The van der Waals surface area contributed by atoms with E-state index in [1.165, 1.54) is 12.8 Å². The van der Waals surface area contributed by atoms with Crippen molar-refractivity contribution in [1.82, 2.24) is 4.90 Å². The first-order chi connectivity index (χ1) is 7.65. The van der Waals surface area contributed by atoms with Crippen LogP contribution in [0.1, 0.15) is 39.5 Å². The zero-order valence-electron chi connectivity index (χ0n) is 10.3. The third kappa shape index (κ3) is 4.34.